The molecule has 0 aliphatic rings. The number of methoxy groups -OCH3 is 1. The van der Waals surface area contributed by atoms with E-state index in [2.05, 4.69) is 5.32 Å². The van der Waals surface area contributed by atoms with Gasteiger partial charge in [-0.15, -0.1) is 0 Å². The molecule has 1 aromatic rings. The van der Waals surface area contributed by atoms with Crippen molar-refractivity contribution in [2.45, 2.75) is 13.3 Å². The van der Waals surface area contributed by atoms with Crippen LogP contribution in [0.3, 0.4) is 0 Å². The number of carbonyl (C=O) groups excluding carboxylic acids is 2. The fraction of sp³-hybridized carbons (Fsp3) is 0.385. The number of hydrogen-bond acceptors (Lipinski definition) is 4. The predicted octanol–water partition coefficient (Wildman–Crippen LogP) is 1.41. The van der Waals surface area contributed by atoms with E-state index in [1.165, 1.54) is 7.11 Å². The number of para-hydroxylation sites is 1. The quantitative estimate of drug-likeness (QED) is 0.744. The van der Waals surface area contributed by atoms with Crippen LogP contribution in [-0.4, -0.2) is 32.5 Å². The Morgan fingerprint density at radius 1 is 1.44 bits per heavy atom. The summed E-state index contributed by atoms with van der Waals surface area (Å²) in [5.41, 5.74) is 0.408. The molecule has 0 aliphatic carbocycles. The maximum absolute atomic E-state index is 11.3. The van der Waals surface area contributed by atoms with Gasteiger partial charge in [0.05, 0.1) is 25.7 Å². The van der Waals surface area contributed by atoms with Crippen LogP contribution in [0.25, 0.3) is 0 Å². The first-order valence-electron chi connectivity index (χ1n) is 5.74. The van der Waals surface area contributed by atoms with Gasteiger partial charge in [-0.2, -0.15) is 0 Å². The van der Waals surface area contributed by atoms with Crippen molar-refractivity contribution in [3.05, 3.63) is 23.8 Å². The van der Waals surface area contributed by atoms with Gasteiger partial charge < -0.3 is 14.8 Å². The third-order valence-corrected chi connectivity index (χ3v) is 2.31. The molecular formula is C13H17NO4. The third-order valence-electron chi connectivity index (χ3n) is 2.31. The van der Waals surface area contributed by atoms with E-state index in [0.717, 1.165) is 0 Å². The van der Waals surface area contributed by atoms with Crippen molar-refractivity contribution in [2.75, 3.05) is 20.3 Å². The number of aldehydes is 1. The van der Waals surface area contributed by atoms with Gasteiger partial charge in [0.1, 0.15) is 0 Å². The van der Waals surface area contributed by atoms with Crippen LogP contribution >= 0.6 is 0 Å². The van der Waals surface area contributed by atoms with Crippen molar-refractivity contribution in [1.82, 2.24) is 5.32 Å². The van der Waals surface area contributed by atoms with Crippen LogP contribution in [0.4, 0.5) is 0 Å². The second kappa shape index (κ2) is 7.32. The van der Waals surface area contributed by atoms with Gasteiger partial charge in [0.25, 0.3) is 0 Å². The minimum atomic E-state index is -0.0833. The largest absolute Gasteiger partial charge is 0.493 e. The van der Waals surface area contributed by atoms with Gasteiger partial charge in [0.2, 0.25) is 5.91 Å². The molecule has 0 saturated heterocycles. The topological polar surface area (TPSA) is 64.6 Å². The second-order valence-electron chi connectivity index (χ2n) is 3.55. The number of benzene rings is 1. The van der Waals surface area contributed by atoms with Gasteiger partial charge in [0, 0.05) is 6.54 Å². The summed E-state index contributed by atoms with van der Waals surface area (Å²) in [6, 6.07) is 5.05. The molecule has 1 rings (SSSR count). The van der Waals surface area contributed by atoms with Crippen molar-refractivity contribution in [1.29, 1.82) is 0 Å². The molecule has 1 aromatic carbocycles. The zero-order valence-electron chi connectivity index (χ0n) is 10.6. The molecule has 0 aliphatic heterocycles. The Kier molecular flexibility index (Phi) is 5.70. The lowest BCUT2D eigenvalue weighted by molar-refractivity contribution is -0.121. The molecule has 98 valence electrons. The predicted molar refractivity (Wildman–Crippen MR) is 67.2 cm³/mol. The van der Waals surface area contributed by atoms with Gasteiger partial charge in [-0.3, -0.25) is 9.59 Å². The summed E-state index contributed by atoms with van der Waals surface area (Å²) in [6.07, 6.45) is 0.939. The Bertz CT molecular complexity index is 417. The van der Waals surface area contributed by atoms with E-state index >= 15 is 0 Å². The monoisotopic (exact) mass is 251 g/mol. The van der Waals surface area contributed by atoms with Crippen LogP contribution in [0.1, 0.15) is 23.7 Å². The summed E-state index contributed by atoms with van der Waals surface area (Å²) >= 11 is 0. The smallest absolute Gasteiger partial charge is 0.223 e. The van der Waals surface area contributed by atoms with E-state index in [0.29, 0.717) is 29.9 Å². The summed E-state index contributed by atoms with van der Waals surface area (Å²) < 4.78 is 10.6. The number of ether oxygens (including phenoxy) is 2. The van der Waals surface area contributed by atoms with Gasteiger partial charge in [-0.1, -0.05) is 6.07 Å². The molecule has 0 unspecified atom stereocenters. The molecule has 0 heterocycles. The molecule has 0 radical (unpaired) electrons. The maximum Gasteiger partial charge on any atom is 0.223 e. The standard InChI is InChI=1S/C13H17NO4/c1-3-14-12(16)7-8-18-13-10(9-15)5-4-6-11(13)17-2/h4-6,9H,3,7-8H2,1-2H3,(H,14,16). The fourth-order valence-corrected chi connectivity index (χ4v) is 1.47. The lowest BCUT2D eigenvalue weighted by Gasteiger charge is -2.12. The molecule has 5 heteroatoms. The van der Waals surface area contributed by atoms with Gasteiger partial charge >= 0.3 is 0 Å². The highest BCUT2D eigenvalue weighted by atomic mass is 16.5. The molecule has 0 atom stereocenters. The first-order valence-corrected chi connectivity index (χ1v) is 5.74. The summed E-state index contributed by atoms with van der Waals surface area (Å²) in [7, 11) is 1.50. The van der Waals surface area contributed by atoms with E-state index in [1.807, 2.05) is 6.92 Å². The molecule has 0 saturated carbocycles. The van der Waals surface area contributed by atoms with Crippen molar-refractivity contribution < 1.29 is 19.1 Å². The van der Waals surface area contributed by atoms with Gasteiger partial charge in [-0.25, -0.2) is 0 Å². The van der Waals surface area contributed by atoms with E-state index in [1.54, 1.807) is 18.2 Å². The van der Waals surface area contributed by atoms with E-state index in [4.69, 9.17) is 9.47 Å². The molecular weight excluding hydrogens is 234 g/mol. The minimum absolute atomic E-state index is 0.0833. The number of nitrogens with one attached hydrogen (secondary N) is 1. The Morgan fingerprint density at radius 2 is 2.22 bits per heavy atom. The SMILES string of the molecule is CCNC(=O)CCOc1c(C=O)cccc1OC. The Hall–Kier alpha value is -2.04. The first-order chi connectivity index (χ1) is 8.72. The second-order valence-corrected chi connectivity index (χ2v) is 3.55. The molecule has 0 aromatic heterocycles. The lowest BCUT2D eigenvalue weighted by Crippen LogP contribution is -2.24. The van der Waals surface area contributed by atoms with Crippen LogP contribution in [0.2, 0.25) is 0 Å². The maximum atomic E-state index is 11.3. The van der Waals surface area contributed by atoms with Gasteiger partial charge in [0.15, 0.2) is 17.8 Å². The Labute approximate surface area is 106 Å². The van der Waals surface area contributed by atoms with Gasteiger partial charge in [-0.05, 0) is 19.1 Å². The summed E-state index contributed by atoms with van der Waals surface area (Å²) in [5, 5.41) is 2.67. The highest BCUT2D eigenvalue weighted by Crippen LogP contribution is 2.29. The number of rotatable bonds is 7. The average Bonchev–Trinajstić information content (AvgIpc) is 2.39. The van der Waals surface area contributed by atoms with Crippen molar-refractivity contribution in [3.63, 3.8) is 0 Å². The molecule has 0 spiro atoms. The fourth-order valence-electron chi connectivity index (χ4n) is 1.47. The van der Waals surface area contributed by atoms with E-state index in [9.17, 15) is 9.59 Å². The number of amides is 1. The van der Waals surface area contributed by atoms with Crippen LogP contribution < -0.4 is 14.8 Å². The summed E-state index contributed by atoms with van der Waals surface area (Å²) in [6.45, 7) is 2.64. The molecule has 1 N–H and O–H groups in total. The Balaban J connectivity index is 2.65. The van der Waals surface area contributed by atoms with Crippen LogP contribution in [0, 0.1) is 0 Å². The van der Waals surface area contributed by atoms with Crippen LogP contribution in [0.15, 0.2) is 18.2 Å². The van der Waals surface area contributed by atoms with Crippen LogP contribution in [0.5, 0.6) is 11.5 Å². The molecule has 0 fully saturated rings. The minimum Gasteiger partial charge on any atom is -0.493 e. The van der Waals surface area contributed by atoms with Crippen LogP contribution in [-0.2, 0) is 4.79 Å². The van der Waals surface area contributed by atoms with E-state index < -0.39 is 0 Å². The summed E-state index contributed by atoms with van der Waals surface area (Å²) in [5.74, 6) is 0.773. The van der Waals surface area contributed by atoms with Crippen molar-refractivity contribution >= 4 is 12.2 Å². The van der Waals surface area contributed by atoms with E-state index in [-0.39, 0.29) is 18.9 Å². The molecule has 5 nitrogen and oxygen atoms in total. The molecule has 0 bridgehead atoms. The molecule has 1 amide bonds. The zero-order valence-corrected chi connectivity index (χ0v) is 10.6. The Morgan fingerprint density at radius 3 is 2.83 bits per heavy atom. The van der Waals surface area contributed by atoms with Crippen molar-refractivity contribution in [2.24, 2.45) is 0 Å². The number of hydrogen-bond donors (Lipinski definition) is 1. The average molecular weight is 251 g/mol. The summed E-state index contributed by atoms with van der Waals surface area (Å²) in [4.78, 5) is 22.1. The molecule has 18 heavy (non-hydrogen) atoms. The normalized spacial score (nSPS) is 9.67. The first kappa shape index (κ1) is 14.0. The highest BCUT2D eigenvalue weighted by Gasteiger charge is 2.10. The lowest BCUT2D eigenvalue weighted by atomic mass is 10.2. The number of carbonyl (C=O) groups is 2. The third kappa shape index (κ3) is 3.76. The zero-order chi connectivity index (χ0) is 13.4. The highest BCUT2D eigenvalue weighted by molar-refractivity contribution is 5.81. The van der Waals surface area contributed by atoms with Crippen molar-refractivity contribution in [3.8, 4) is 11.5 Å².